The molecule has 21 heavy (non-hydrogen) atoms. The van der Waals surface area contributed by atoms with Gasteiger partial charge in [0, 0.05) is 15.5 Å². The number of hydrogen-bond acceptors (Lipinski definition) is 2. The first-order valence-corrected chi connectivity index (χ1v) is 8.63. The molecule has 0 bridgehead atoms. The Labute approximate surface area is 147 Å². The van der Waals surface area contributed by atoms with Gasteiger partial charge < -0.3 is 10.1 Å². The smallest absolute Gasteiger partial charge is 0.141 e. The third kappa shape index (κ3) is 4.46. The van der Waals surface area contributed by atoms with Gasteiger partial charge in [-0.3, -0.25) is 0 Å². The summed E-state index contributed by atoms with van der Waals surface area (Å²) in [7, 11) is 0. The van der Waals surface area contributed by atoms with Gasteiger partial charge in [-0.05, 0) is 65.3 Å². The molecule has 112 valence electrons. The molecule has 0 saturated carbocycles. The summed E-state index contributed by atoms with van der Waals surface area (Å²) in [5.74, 6) is 1.51. The number of ether oxygens (including phenoxy) is 1. The Morgan fingerprint density at radius 2 is 1.90 bits per heavy atom. The maximum atomic E-state index is 5.93. The third-order valence-corrected chi connectivity index (χ3v) is 4.61. The summed E-state index contributed by atoms with van der Waals surface area (Å²) in [6.07, 6.45) is 0. The lowest BCUT2D eigenvalue weighted by Gasteiger charge is -2.16. The molecular weight excluding hydrogens is 417 g/mol. The summed E-state index contributed by atoms with van der Waals surface area (Å²) in [6.45, 7) is 5.17. The van der Waals surface area contributed by atoms with Crippen molar-refractivity contribution in [1.29, 1.82) is 0 Å². The molecule has 0 aliphatic rings. The Morgan fingerprint density at radius 3 is 2.52 bits per heavy atom. The van der Waals surface area contributed by atoms with E-state index in [0.29, 0.717) is 11.1 Å². The van der Waals surface area contributed by atoms with Gasteiger partial charge in [0.15, 0.2) is 0 Å². The van der Waals surface area contributed by atoms with Gasteiger partial charge in [-0.15, -0.1) is 0 Å². The monoisotopic (exact) mass is 431 g/mol. The van der Waals surface area contributed by atoms with Gasteiger partial charge >= 0.3 is 0 Å². The predicted octanol–water partition coefficient (Wildman–Crippen LogP) is 6.33. The fraction of sp³-hybridized carbons (Fsp3) is 0.250. The second-order valence-electron chi connectivity index (χ2n) is 4.64. The molecule has 0 aliphatic heterocycles. The van der Waals surface area contributed by atoms with Crippen LogP contribution < -0.4 is 10.1 Å². The number of benzene rings is 2. The van der Waals surface area contributed by atoms with Gasteiger partial charge in [-0.1, -0.05) is 40.5 Å². The van der Waals surface area contributed by atoms with Gasteiger partial charge in [0.2, 0.25) is 0 Å². The van der Waals surface area contributed by atoms with Crippen LogP contribution in [0.15, 0.2) is 45.3 Å². The molecule has 2 nitrogen and oxygen atoms in total. The second kappa shape index (κ2) is 7.63. The van der Waals surface area contributed by atoms with E-state index in [1.165, 1.54) is 5.56 Å². The first kappa shape index (κ1) is 16.8. The van der Waals surface area contributed by atoms with Crippen molar-refractivity contribution in [3.05, 3.63) is 55.9 Å². The summed E-state index contributed by atoms with van der Waals surface area (Å²) in [6, 6.07) is 11.8. The fourth-order valence-electron chi connectivity index (χ4n) is 2.02. The normalized spacial score (nSPS) is 12.2. The van der Waals surface area contributed by atoms with Gasteiger partial charge in [0.25, 0.3) is 0 Å². The van der Waals surface area contributed by atoms with Crippen LogP contribution >= 0.6 is 43.5 Å². The Balaban J connectivity index is 2.20. The van der Waals surface area contributed by atoms with Crippen molar-refractivity contribution in [2.24, 2.45) is 0 Å². The maximum Gasteiger partial charge on any atom is 0.141 e. The van der Waals surface area contributed by atoms with Crippen LogP contribution in [0.1, 0.15) is 25.5 Å². The minimum absolute atomic E-state index is 0.292. The molecule has 1 unspecified atom stereocenters. The summed E-state index contributed by atoms with van der Waals surface area (Å²) in [5, 5.41) is 4.07. The zero-order valence-corrected chi connectivity index (χ0v) is 15.7. The van der Waals surface area contributed by atoms with E-state index in [1.807, 2.05) is 24.3 Å². The standard InChI is InChI=1S/C16H16Br2ClNO/c1-3-20-10(2)13-6-5-12(9-14(13)17)21-16-7-4-11(19)8-15(16)18/h4-10,20H,3H2,1-2H3. The number of halogens is 3. The average molecular weight is 434 g/mol. The molecule has 2 rings (SSSR count). The van der Waals surface area contributed by atoms with Crippen LogP contribution in [0.2, 0.25) is 5.02 Å². The van der Waals surface area contributed by atoms with Crippen LogP contribution in [0.4, 0.5) is 0 Å². The van der Waals surface area contributed by atoms with E-state index >= 15 is 0 Å². The molecule has 5 heteroatoms. The van der Waals surface area contributed by atoms with E-state index in [2.05, 4.69) is 57.1 Å². The van der Waals surface area contributed by atoms with Crippen LogP contribution in [-0.4, -0.2) is 6.54 Å². The second-order valence-corrected chi connectivity index (χ2v) is 6.78. The Morgan fingerprint density at radius 1 is 1.14 bits per heavy atom. The summed E-state index contributed by atoms with van der Waals surface area (Å²) in [4.78, 5) is 0. The molecule has 0 radical (unpaired) electrons. The van der Waals surface area contributed by atoms with Gasteiger partial charge in [-0.25, -0.2) is 0 Å². The topological polar surface area (TPSA) is 21.3 Å². The largest absolute Gasteiger partial charge is 0.456 e. The van der Waals surface area contributed by atoms with Crippen molar-refractivity contribution >= 4 is 43.5 Å². The molecule has 0 amide bonds. The van der Waals surface area contributed by atoms with Gasteiger partial charge in [0.1, 0.15) is 11.5 Å². The zero-order chi connectivity index (χ0) is 15.4. The number of hydrogen-bond donors (Lipinski definition) is 1. The highest BCUT2D eigenvalue weighted by molar-refractivity contribution is 9.10. The molecule has 1 N–H and O–H groups in total. The molecule has 1 atom stereocenters. The van der Waals surface area contributed by atoms with Crippen molar-refractivity contribution in [3.63, 3.8) is 0 Å². The zero-order valence-electron chi connectivity index (χ0n) is 11.8. The first-order chi connectivity index (χ1) is 10.0. The molecular formula is C16H16Br2ClNO. The van der Waals surface area contributed by atoms with Crippen molar-refractivity contribution in [3.8, 4) is 11.5 Å². The van der Waals surface area contributed by atoms with E-state index in [-0.39, 0.29) is 0 Å². The van der Waals surface area contributed by atoms with E-state index in [9.17, 15) is 0 Å². The van der Waals surface area contributed by atoms with E-state index in [0.717, 1.165) is 27.0 Å². The molecule has 0 aliphatic carbocycles. The quantitative estimate of drug-likeness (QED) is 0.595. The van der Waals surface area contributed by atoms with Crippen LogP contribution in [0, 0.1) is 0 Å². The van der Waals surface area contributed by atoms with Crippen molar-refractivity contribution in [2.45, 2.75) is 19.9 Å². The van der Waals surface area contributed by atoms with E-state index < -0.39 is 0 Å². The van der Waals surface area contributed by atoms with Gasteiger partial charge in [0.05, 0.1) is 4.47 Å². The first-order valence-electron chi connectivity index (χ1n) is 6.67. The summed E-state index contributed by atoms with van der Waals surface area (Å²) in [5.41, 5.74) is 1.21. The SMILES string of the molecule is CCNC(C)c1ccc(Oc2ccc(Cl)cc2Br)cc1Br. The van der Waals surface area contributed by atoms with Crippen molar-refractivity contribution in [1.82, 2.24) is 5.32 Å². The highest BCUT2D eigenvalue weighted by Gasteiger charge is 2.10. The maximum absolute atomic E-state index is 5.93. The van der Waals surface area contributed by atoms with Crippen LogP contribution in [0.25, 0.3) is 0 Å². The Bertz CT molecular complexity index is 634. The highest BCUT2D eigenvalue weighted by atomic mass is 79.9. The predicted molar refractivity (Wildman–Crippen MR) is 95.5 cm³/mol. The van der Waals surface area contributed by atoms with Crippen molar-refractivity contribution in [2.75, 3.05) is 6.54 Å². The Hall–Kier alpha value is -0.550. The van der Waals surface area contributed by atoms with E-state index in [4.69, 9.17) is 16.3 Å². The molecule has 2 aromatic rings. The lowest BCUT2D eigenvalue weighted by molar-refractivity contribution is 0.478. The van der Waals surface area contributed by atoms with E-state index in [1.54, 1.807) is 6.07 Å². The number of nitrogens with one attached hydrogen (secondary N) is 1. The average Bonchev–Trinajstić information content (AvgIpc) is 2.42. The van der Waals surface area contributed by atoms with Crippen LogP contribution in [0.5, 0.6) is 11.5 Å². The minimum atomic E-state index is 0.292. The molecule has 0 aromatic heterocycles. The van der Waals surface area contributed by atoms with Gasteiger partial charge in [-0.2, -0.15) is 0 Å². The lowest BCUT2D eigenvalue weighted by Crippen LogP contribution is -2.17. The molecule has 0 saturated heterocycles. The molecule has 0 fully saturated rings. The molecule has 0 spiro atoms. The lowest BCUT2D eigenvalue weighted by atomic mass is 10.1. The summed E-state index contributed by atoms with van der Waals surface area (Å²) < 4.78 is 7.74. The van der Waals surface area contributed by atoms with Crippen molar-refractivity contribution < 1.29 is 4.74 Å². The third-order valence-electron chi connectivity index (χ3n) is 3.07. The molecule has 0 heterocycles. The molecule has 2 aromatic carbocycles. The van der Waals surface area contributed by atoms with Crippen LogP contribution in [0.3, 0.4) is 0 Å². The highest BCUT2D eigenvalue weighted by Crippen LogP contribution is 2.34. The van der Waals surface area contributed by atoms with Crippen LogP contribution in [-0.2, 0) is 0 Å². The fourth-order valence-corrected chi connectivity index (χ4v) is 3.49. The number of rotatable bonds is 5. The Kier molecular flexibility index (Phi) is 6.11. The summed E-state index contributed by atoms with van der Waals surface area (Å²) >= 11 is 13.0. The minimum Gasteiger partial charge on any atom is -0.456 e.